The van der Waals surface area contributed by atoms with Crippen LogP contribution in [0.15, 0.2) is 12.2 Å². The summed E-state index contributed by atoms with van der Waals surface area (Å²) in [5, 5.41) is 0. The van der Waals surface area contributed by atoms with Crippen molar-refractivity contribution in [1.29, 1.82) is 0 Å². The van der Waals surface area contributed by atoms with Crippen LogP contribution in [0.1, 0.15) is 46.5 Å². The second-order valence-corrected chi connectivity index (χ2v) is 4.84. The lowest BCUT2D eigenvalue weighted by Crippen LogP contribution is -2.37. The van der Waals surface area contributed by atoms with Crippen LogP contribution in [0.2, 0.25) is 0 Å². The van der Waals surface area contributed by atoms with E-state index >= 15 is 0 Å². The molecule has 0 radical (unpaired) electrons. The van der Waals surface area contributed by atoms with E-state index in [2.05, 4.69) is 20.4 Å². The Morgan fingerprint density at radius 2 is 1.63 bits per heavy atom. The normalized spacial score (nSPS) is 10.8. The van der Waals surface area contributed by atoms with Gasteiger partial charge in [-0.3, -0.25) is 4.79 Å². The van der Waals surface area contributed by atoms with E-state index in [1.165, 1.54) is 0 Å². The quantitative estimate of drug-likeness (QED) is 0.329. The van der Waals surface area contributed by atoms with Crippen LogP contribution in [-0.4, -0.2) is 43.9 Å². The van der Waals surface area contributed by atoms with Crippen LogP contribution in [-0.2, 0) is 14.3 Å². The van der Waals surface area contributed by atoms with Gasteiger partial charge in [-0.1, -0.05) is 33.3 Å². The van der Waals surface area contributed by atoms with Crippen molar-refractivity contribution < 1.29 is 14.3 Å². The molecule has 0 aromatic carbocycles. The van der Waals surface area contributed by atoms with Crippen molar-refractivity contribution in [3.63, 3.8) is 0 Å². The average Bonchev–Trinajstić information content (AvgIpc) is 2.37. The summed E-state index contributed by atoms with van der Waals surface area (Å²) in [6.07, 6.45) is 3.84. The lowest BCUT2D eigenvalue weighted by atomic mass is 10.3. The third-order valence-corrected chi connectivity index (χ3v) is 2.74. The minimum Gasteiger partial charge on any atom is -0.351 e. The van der Waals surface area contributed by atoms with E-state index in [1.807, 2.05) is 0 Å². The van der Waals surface area contributed by atoms with Crippen molar-refractivity contribution >= 4 is 5.91 Å². The topological polar surface area (TPSA) is 38.8 Å². The van der Waals surface area contributed by atoms with Crippen LogP contribution < -0.4 is 0 Å². The maximum Gasteiger partial charge on any atom is 0.248 e. The fraction of sp³-hybridized carbons (Fsp3) is 0.800. The second kappa shape index (κ2) is 11.0. The number of nitrogens with zero attached hydrogens (tertiary/aromatic N) is 1. The molecule has 0 aromatic heterocycles. The fourth-order valence-electron chi connectivity index (χ4n) is 1.50. The highest BCUT2D eigenvalue weighted by molar-refractivity contribution is 5.91. The van der Waals surface area contributed by atoms with Gasteiger partial charge in [-0.15, -0.1) is 0 Å². The maximum atomic E-state index is 11.8. The van der Waals surface area contributed by atoms with Crippen molar-refractivity contribution in [1.82, 2.24) is 4.90 Å². The van der Waals surface area contributed by atoms with Gasteiger partial charge in [-0.25, -0.2) is 0 Å². The molecule has 0 saturated carbocycles. The maximum absolute atomic E-state index is 11.8. The van der Waals surface area contributed by atoms with Crippen LogP contribution in [0.3, 0.4) is 0 Å². The first kappa shape index (κ1) is 18.1. The lowest BCUT2D eigenvalue weighted by Gasteiger charge is -2.24. The Balaban J connectivity index is 4.21. The molecule has 0 bridgehead atoms. The molecule has 0 fully saturated rings. The van der Waals surface area contributed by atoms with Crippen molar-refractivity contribution in [3.8, 4) is 0 Å². The molecular formula is C15H29NO3. The smallest absolute Gasteiger partial charge is 0.248 e. The van der Waals surface area contributed by atoms with Crippen LogP contribution in [0.4, 0.5) is 0 Å². The van der Waals surface area contributed by atoms with Crippen LogP contribution in [0, 0.1) is 0 Å². The number of carbonyl (C=O) groups is 1. The first-order valence-corrected chi connectivity index (χ1v) is 7.17. The number of unbranched alkanes of at least 4 members (excludes halogenated alkanes) is 2. The molecule has 0 aromatic rings. The molecule has 0 saturated heterocycles. The molecule has 19 heavy (non-hydrogen) atoms. The number of hydrogen-bond acceptors (Lipinski definition) is 3. The molecular weight excluding hydrogens is 242 g/mol. The summed E-state index contributed by atoms with van der Waals surface area (Å²) < 4.78 is 11.4. The van der Waals surface area contributed by atoms with Gasteiger partial charge in [0.05, 0.1) is 6.54 Å². The van der Waals surface area contributed by atoms with Gasteiger partial charge >= 0.3 is 0 Å². The molecule has 0 N–H and O–H groups in total. The molecule has 112 valence electrons. The summed E-state index contributed by atoms with van der Waals surface area (Å²) in [4.78, 5) is 13.4. The molecule has 0 heterocycles. The monoisotopic (exact) mass is 271 g/mol. The van der Waals surface area contributed by atoms with Crippen molar-refractivity contribution in [3.05, 3.63) is 12.2 Å². The number of carbonyl (C=O) groups excluding carboxylic acids is 1. The Kier molecular flexibility index (Phi) is 10.5. The summed E-state index contributed by atoms with van der Waals surface area (Å²) in [5.41, 5.74) is 0.531. The van der Waals surface area contributed by atoms with Gasteiger partial charge < -0.3 is 14.4 Å². The Morgan fingerprint density at radius 1 is 1.16 bits per heavy atom. The SMILES string of the molecule is C=C(C)C(=O)N(C)CC(OCCCC)OCCCC. The van der Waals surface area contributed by atoms with E-state index in [4.69, 9.17) is 9.47 Å². The zero-order valence-corrected chi connectivity index (χ0v) is 12.9. The summed E-state index contributed by atoms with van der Waals surface area (Å²) in [6, 6.07) is 0. The molecule has 0 aliphatic carbocycles. The predicted octanol–water partition coefficient (Wildman–Crippen LogP) is 2.98. The minimum atomic E-state index is -0.341. The van der Waals surface area contributed by atoms with Gasteiger partial charge in [0, 0.05) is 25.8 Å². The highest BCUT2D eigenvalue weighted by Crippen LogP contribution is 2.05. The van der Waals surface area contributed by atoms with Gasteiger partial charge in [0.1, 0.15) is 0 Å². The standard InChI is InChI=1S/C15H29NO3/c1-6-8-10-18-14(19-11-9-7-2)12-16(5)15(17)13(3)4/h14H,3,6-12H2,1-2,4-5H3. The van der Waals surface area contributed by atoms with Gasteiger partial charge in [0.15, 0.2) is 6.29 Å². The van der Waals surface area contributed by atoms with E-state index in [0.29, 0.717) is 25.3 Å². The third kappa shape index (κ3) is 8.78. The van der Waals surface area contributed by atoms with Crippen LogP contribution >= 0.6 is 0 Å². The van der Waals surface area contributed by atoms with Crippen molar-refractivity contribution in [2.75, 3.05) is 26.8 Å². The third-order valence-electron chi connectivity index (χ3n) is 2.74. The lowest BCUT2D eigenvalue weighted by molar-refractivity contribution is -0.159. The van der Waals surface area contributed by atoms with Gasteiger partial charge in [-0.2, -0.15) is 0 Å². The summed E-state index contributed by atoms with van der Waals surface area (Å²) in [5.74, 6) is -0.0665. The summed E-state index contributed by atoms with van der Waals surface area (Å²) >= 11 is 0. The summed E-state index contributed by atoms with van der Waals surface area (Å²) in [7, 11) is 1.75. The Morgan fingerprint density at radius 3 is 2.00 bits per heavy atom. The number of hydrogen-bond donors (Lipinski definition) is 0. The van der Waals surface area contributed by atoms with Gasteiger partial charge in [-0.05, 0) is 19.8 Å². The molecule has 0 aliphatic rings. The molecule has 0 rings (SSSR count). The number of ether oxygens (including phenoxy) is 2. The highest BCUT2D eigenvalue weighted by atomic mass is 16.7. The van der Waals surface area contributed by atoms with E-state index < -0.39 is 0 Å². The van der Waals surface area contributed by atoms with Crippen molar-refractivity contribution in [2.24, 2.45) is 0 Å². The largest absolute Gasteiger partial charge is 0.351 e. The Hall–Kier alpha value is -0.870. The fourth-order valence-corrected chi connectivity index (χ4v) is 1.50. The average molecular weight is 271 g/mol. The highest BCUT2D eigenvalue weighted by Gasteiger charge is 2.16. The van der Waals surface area contributed by atoms with Crippen LogP contribution in [0.25, 0.3) is 0 Å². The molecule has 0 spiro atoms. The number of likely N-dealkylation sites (N-methyl/N-ethyl adjacent to an activating group) is 1. The molecule has 4 heteroatoms. The van der Waals surface area contributed by atoms with E-state index in [0.717, 1.165) is 25.7 Å². The minimum absolute atomic E-state index is 0.0665. The van der Waals surface area contributed by atoms with Crippen LogP contribution in [0.5, 0.6) is 0 Å². The van der Waals surface area contributed by atoms with Gasteiger partial charge in [0.25, 0.3) is 0 Å². The first-order valence-electron chi connectivity index (χ1n) is 7.17. The Bertz CT molecular complexity index is 256. The van der Waals surface area contributed by atoms with E-state index in [-0.39, 0.29) is 12.2 Å². The molecule has 0 unspecified atom stereocenters. The summed E-state index contributed by atoms with van der Waals surface area (Å²) in [6.45, 7) is 11.4. The molecule has 4 nitrogen and oxygen atoms in total. The Labute approximate surface area is 117 Å². The zero-order chi connectivity index (χ0) is 14.7. The van der Waals surface area contributed by atoms with E-state index in [9.17, 15) is 4.79 Å². The predicted molar refractivity (Wildman–Crippen MR) is 78.0 cm³/mol. The molecule has 0 atom stereocenters. The van der Waals surface area contributed by atoms with E-state index in [1.54, 1.807) is 18.9 Å². The van der Waals surface area contributed by atoms with Gasteiger partial charge in [0.2, 0.25) is 5.91 Å². The molecule has 0 aliphatic heterocycles. The second-order valence-electron chi connectivity index (χ2n) is 4.84. The zero-order valence-electron chi connectivity index (χ0n) is 12.9. The molecule has 1 amide bonds. The number of amides is 1. The first-order chi connectivity index (χ1) is 9.02. The van der Waals surface area contributed by atoms with Crippen molar-refractivity contribution in [2.45, 2.75) is 52.7 Å². The number of rotatable bonds is 11.